The first-order valence-corrected chi connectivity index (χ1v) is 6.93. The molecule has 0 atom stereocenters. The van der Waals surface area contributed by atoms with E-state index in [9.17, 15) is 4.79 Å². The summed E-state index contributed by atoms with van der Waals surface area (Å²) in [6.07, 6.45) is 1.91. The molecule has 0 unspecified atom stereocenters. The topological polar surface area (TPSA) is 59.4 Å². The number of aromatic nitrogens is 1. The van der Waals surface area contributed by atoms with Crippen molar-refractivity contribution in [2.24, 2.45) is 0 Å². The number of rotatable bonds is 4. The molecule has 1 N–H and O–H groups in total. The van der Waals surface area contributed by atoms with Gasteiger partial charge in [0.25, 0.3) is 0 Å². The molecule has 4 nitrogen and oxygen atoms in total. The van der Waals surface area contributed by atoms with Crippen LogP contribution in [0.4, 0.5) is 0 Å². The molecular weight excluding hydrogens is 286 g/mol. The molecule has 0 radical (unpaired) electrons. The van der Waals surface area contributed by atoms with Gasteiger partial charge in [-0.3, -0.25) is 0 Å². The molecule has 98 valence electrons. The second kappa shape index (κ2) is 5.95. The van der Waals surface area contributed by atoms with Crippen molar-refractivity contribution >= 4 is 29.3 Å². The summed E-state index contributed by atoms with van der Waals surface area (Å²) >= 11 is 7.27. The maximum atomic E-state index is 11.1. The zero-order chi connectivity index (χ0) is 13.8. The summed E-state index contributed by atoms with van der Waals surface area (Å²) in [6, 6.07) is 10.1. The lowest BCUT2D eigenvalue weighted by molar-refractivity contribution is 0.0693. The SMILES string of the molecule is CSc1ccccc1Oc1nc(Cl)ccc1C(=O)O. The highest BCUT2D eigenvalue weighted by Crippen LogP contribution is 2.32. The lowest BCUT2D eigenvalue weighted by Gasteiger charge is -2.10. The average molecular weight is 296 g/mol. The Morgan fingerprint density at radius 2 is 2.05 bits per heavy atom. The van der Waals surface area contributed by atoms with Gasteiger partial charge in [-0.2, -0.15) is 0 Å². The highest BCUT2D eigenvalue weighted by molar-refractivity contribution is 7.98. The van der Waals surface area contributed by atoms with Crippen LogP contribution in [-0.2, 0) is 0 Å². The van der Waals surface area contributed by atoms with Gasteiger partial charge in [-0.25, -0.2) is 9.78 Å². The van der Waals surface area contributed by atoms with Gasteiger partial charge in [-0.15, -0.1) is 11.8 Å². The molecule has 0 saturated carbocycles. The Bertz CT molecular complexity index is 619. The van der Waals surface area contributed by atoms with Crippen LogP contribution < -0.4 is 4.74 Å². The van der Waals surface area contributed by atoms with Crippen LogP contribution in [0.5, 0.6) is 11.6 Å². The Morgan fingerprint density at radius 1 is 1.32 bits per heavy atom. The molecule has 0 spiro atoms. The largest absolute Gasteiger partial charge is 0.477 e. The van der Waals surface area contributed by atoms with Gasteiger partial charge < -0.3 is 9.84 Å². The van der Waals surface area contributed by atoms with E-state index in [1.807, 2.05) is 18.4 Å². The molecule has 0 aliphatic rings. The standard InChI is InChI=1S/C13H10ClNO3S/c1-19-10-5-3-2-4-9(10)18-12-8(13(16)17)6-7-11(14)15-12/h2-7H,1H3,(H,16,17). The fraction of sp³-hybridized carbons (Fsp3) is 0.0769. The van der Waals surface area contributed by atoms with Crippen molar-refractivity contribution in [3.63, 3.8) is 0 Å². The summed E-state index contributed by atoms with van der Waals surface area (Å²) in [4.78, 5) is 15.9. The van der Waals surface area contributed by atoms with Crippen molar-refractivity contribution in [2.45, 2.75) is 4.90 Å². The van der Waals surface area contributed by atoms with Crippen molar-refractivity contribution < 1.29 is 14.6 Å². The van der Waals surface area contributed by atoms with Crippen LogP contribution in [0, 0.1) is 0 Å². The fourth-order valence-corrected chi connectivity index (χ4v) is 2.13. The van der Waals surface area contributed by atoms with Crippen molar-refractivity contribution in [1.82, 2.24) is 4.98 Å². The van der Waals surface area contributed by atoms with Crippen molar-refractivity contribution in [1.29, 1.82) is 0 Å². The van der Waals surface area contributed by atoms with Gasteiger partial charge in [0, 0.05) is 4.90 Å². The van der Waals surface area contributed by atoms with E-state index < -0.39 is 5.97 Å². The van der Waals surface area contributed by atoms with Gasteiger partial charge in [-0.1, -0.05) is 23.7 Å². The number of pyridine rings is 1. The number of carboxylic acids is 1. The molecule has 0 bridgehead atoms. The molecule has 1 aromatic heterocycles. The Labute approximate surface area is 119 Å². The number of nitrogens with zero attached hydrogens (tertiary/aromatic N) is 1. The summed E-state index contributed by atoms with van der Waals surface area (Å²) in [5, 5.41) is 9.27. The highest BCUT2D eigenvalue weighted by Gasteiger charge is 2.15. The first kappa shape index (κ1) is 13.7. The second-order valence-electron chi connectivity index (χ2n) is 3.54. The zero-order valence-electron chi connectivity index (χ0n) is 9.96. The van der Waals surface area contributed by atoms with Gasteiger partial charge >= 0.3 is 5.97 Å². The van der Waals surface area contributed by atoms with E-state index in [4.69, 9.17) is 21.4 Å². The van der Waals surface area contributed by atoms with E-state index in [0.717, 1.165) is 4.90 Å². The Hall–Kier alpha value is -1.72. The molecule has 1 aromatic carbocycles. The van der Waals surface area contributed by atoms with Crippen LogP contribution in [0.3, 0.4) is 0 Å². The summed E-state index contributed by atoms with van der Waals surface area (Å²) in [7, 11) is 0. The monoisotopic (exact) mass is 295 g/mol. The van der Waals surface area contributed by atoms with Crippen LogP contribution in [0.15, 0.2) is 41.3 Å². The number of carboxylic acid groups (broad SMARTS) is 1. The Kier molecular flexibility index (Phi) is 4.29. The van der Waals surface area contributed by atoms with Crippen LogP contribution in [0.25, 0.3) is 0 Å². The number of ether oxygens (including phenoxy) is 1. The van der Waals surface area contributed by atoms with Crippen LogP contribution in [-0.4, -0.2) is 22.3 Å². The number of halogens is 1. The molecule has 2 rings (SSSR count). The molecule has 0 aliphatic carbocycles. The molecule has 2 aromatic rings. The highest BCUT2D eigenvalue weighted by atomic mass is 35.5. The number of hydrogen-bond donors (Lipinski definition) is 1. The fourth-order valence-electron chi connectivity index (χ4n) is 1.47. The summed E-state index contributed by atoms with van der Waals surface area (Å²) in [5.41, 5.74) is -0.0275. The minimum Gasteiger partial charge on any atom is -0.477 e. The third-order valence-electron chi connectivity index (χ3n) is 2.33. The Morgan fingerprint density at radius 3 is 2.74 bits per heavy atom. The third kappa shape index (κ3) is 3.19. The smallest absolute Gasteiger partial charge is 0.341 e. The van der Waals surface area contributed by atoms with Crippen molar-refractivity contribution in [2.75, 3.05) is 6.26 Å². The lowest BCUT2D eigenvalue weighted by atomic mass is 10.3. The van der Waals surface area contributed by atoms with Crippen molar-refractivity contribution in [3.8, 4) is 11.6 Å². The molecule has 6 heteroatoms. The van der Waals surface area contributed by atoms with Gasteiger partial charge in [0.1, 0.15) is 16.5 Å². The lowest BCUT2D eigenvalue weighted by Crippen LogP contribution is -2.02. The molecular formula is C13H10ClNO3S. The quantitative estimate of drug-likeness (QED) is 0.683. The van der Waals surface area contributed by atoms with Gasteiger partial charge in [0.2, 0.25) is 5.88 Å². The van der Waals surface area contributed by atoms with Gasteiger partial charge in [0.15, 0.2) is 0 Å². The van der Waals surface area contributed by atoms with E-state index in [1.165, 1.54) is 23.9 Å². The normalized spacial score (nSPS) is 10.2. The Balaban J connectivity index is 2.42. The van der Waals surface area contributed by atoms with Crippen molar-refractivity contribution in [3.05, 3.63) is 47.1 Å². The number of para-hydroxylation sites is 1. The first-order chi connectivity index (χ1) is 9.11. The molecule has 0 amide bonds. The first-order valence-electron chi connectivity index (χ1n) is 5.32. The van der Waals surface area contributed by atoms with Crippen LogP contribution in [0.2, 0.25) is 5.15 Å². The molecule has 1 heterocycles. The number of carbonyl (C=O) groups is 1. The van der Waals surface area contributed by atoms with Crippen LogP contribution >= 0.6 is 23.4 Å². The van der Waals surface area contributed by atoms with Gasteiger partial charge in [0.05, 0.1) is 0 Å². The molecule has 0 aliphatic heterocycles. The van der Waals surface area contributed by atoms with E-state index in [-0.39, 0.29) is 16.6 Å². The number of benzene rings is 1. The molecule has 0 saturated heterocycles. The van der Waals surface area contributed by atoms with E-state index in [1.54, 1.807) is 12.1 Å². The second-order valence-corrected chi connectivity index (χ2v) is 4.78. The third-order valence-corrected chi connectivity index (χ3v) is 3.32. The maximum absolute atomic E-state index is 11.1. The van der Waals surface area contributed by atoms with Gasteiger partial charge in [-0.05, 0) is 30.5 Å². The van der Waals surface area contributed by atoms with Crippen LogP contribution in [0.1, 0.15) is 10.4 Å². The minimum absolute atomic E-state index is 0.0125. The van der Waals surface area contributed by atoms with E-state index in [0.29, 0.717) is 5.75 Å². The predicted molar refractivity (Wildman–Crippen MR) is 74.5 cm³/mol. The zero-order valence-corrected chi connectivity index (χ0v) is 11.5. The maximum Gasteiger partial charge on any atom is 0.341 e. The number of thioether (sulfide) groups is 1. The number of hydrogen-bond acceptors (Lipinski definition) is 4. The summed E-state index contributed by atoms with van der Waals surface area (Å²) < 4.78 is 5.58. The predicted octanol–water partition coefficient (Wildman–Crippen LogP) is 3.95. The molecule has 19 heavy (non-hydrogen) atoms. The minimum atomic E-state index is -1.11. The average Bonchev–Trinajstić information content (AvgIpc) is 2.39. The van der Waals surface area contributed by atoms with E-state index >= 15 is 0 Å². The summed E-state index contributed by atoms with van der Waals surface area (Å²) in [6.45, 7) is 0. The van der Waals surface area contributed by atoms with E-state index in [2.05, 4.69) is 4.98 Å². The number of aromatic carboxylic acids is 1. The summed E-state index contributed by atoms with van der Waals surface area (Å²) in [5.74, 6) is -0.574. The molecule has 0 fully saturated rings.